The van der Waals surface area contributed by atoms with Gasteiger partial charge in [-0.25, -0.2) is 4.79 Å². The number of ketones is 6. The molecule has 332 valence electrons. The molecule has 1 aliphatic rings. The van der Waals surface area contributed by atoms with E-state index in [4.69, 9.17) is 4.74 Å². The Morgan fingerprint density at radius 1 is 0.603 bits per heavy atom. The molecule has 0 saturated heterocycles. The van der Waals surface area contributed by atoms with Crippen molar-refractivity contribution in [1.29, 1.82) is 0 Å². The van der Waals surface area contributed by atoms with Crippen LogP contribution in [0.3, 0.4) is 0 Å². The highest BCUT2D eigenvalue weighted by Crippen LogP contribution is 2.16. The van der Waals surface area contributed by atoms with E-state index in [1.807, 2.05) is 48.5 Å². The fraction of sp³-hybridized carbons (Fsp3) is 0.711. The van der Waals surface area contributed by atoms with Crippen LogP contribution in [0.4, 0.5) is 4.79 Å². The molecule has 5 atom stereocenters. The number of hydrogen-bond acceptors (Lipinski definition) is 10. The predicted molar refractivity (Wildman–Crippen MR) is 229 cm³/mol. The van der Waals surface area contributed by atoms with Crippen molar-refractivity contribution < 1.29 is 47.9 Å². The van der Waals surface area contributed by atoms with Crippen molar-refractivity contribution >= 4 is 52.6 Å². The molecule has 13 heteroatoms. The molecule has 0 saturated carbocycles. The number of carbonyl (C=O) groups excluding carboxylic acids is 9. The van der Waals surface area contributed by atoms with Crippen LogP contribution in [-0.2, 0) is 43.1 Å². The smallest absolute Gasteiger partial charge is 0.408 e. The maximum absolute atomic E-state index is 12.1. The molecule has 1 aliphatic heterocycles. The SMILES string of the molecule is C.C=C1C=CC(=O)N1CCC(=O)N[C@@H](C)C(=O)C[C@@H](C)C(=O)C(C)C.CC(C)C(=O)C[C@@H](C)C(=O)C(C)C.CC(C)C(=O)[C@H](C)CC(=O)[C@H](C)NC(=O)OC(C)(C)C. The minimum Gasteiger partial charge on any atom is -0.444 e. The summed E-state index contributed by atoms with van der Waals surface area (Å²) in [6, 6.07) is -1.32. The monoisotopic (exact) mass is 820 g/mol. The maximum Gasteiger partial charge on any atom is 0.408 e. The average Bonchev–Trinajstić information content (AvgIpc) is 3.41. The van der Waals surface area contributed by atoms with Gasteiger partial charge in [-0.1, -0.05) is 90.2 Å². The standard InChI is InChI=1S/C18H26N2O4.C15H27NO4.C11H20O2.CH4/c1-11(2)18(24)12(3)10-15(21)14(5)19-16(22)8-9-20-13(4)6-7-17(20)23;1-9(2)13(18)10(3)8-12(17)11(4)16-14(19)20-15(5,6)7;1-7(2)10(12)6-9(5)11(13)8(3)4;/h6-7,11-12,14H,4,8-10H2,1-3,5H3,(H,19,22);9-11H,8H2,1-7H3,(H,16,19);7-9H,6H2,1-5H3;1H4/t12-,14+;10-,11+;9-;/m111./s1. The first-order valence-electron chi connectivity index (χ1n) is 20.1. The van der Waals surface area contributed by atoms with Crippen LogP contribution in [0.25, 0.3) is 0 Å². The maximum atomic E-state index is 12.1. The molecule has 0 bridgehead atoms. The quantitative estimate of drug-likeness (QED) is 0.125. The zero-order valence-electron chi connectivity index (χ0n) is 37.6. The Hall–Kier alpha value is -4.29. The molecule has 0 fully saturated rings. The molecule has 13 nitrogen and oxygen atoms in total. The number of hydrogen-bond donors (Lipinski definition) is 2. The number of carbonyl (C=O) groups is 9. The van der Waals surface area contributed by atoms with Crippen molar-refractivity contribution in [2.24, 2.45) is 41.4 Å². The Balaban J connectivity index is -0.000000810. The summed E-state index contributed by atoms with van der Waals surface area (Å²) in [6.45, 7) is 32.4. The summed E-state index contributed by atoms with van der Waals surface area (Å²) in [7, 11) is 0. The minimum absolute atomic E-state index is 0. The van der Waals surface area contributed by atoms with E-state index >= 15 is 0 Å². The van der Waals surface area contributed by atoms with Gasteiger partial charge in [-0.3, -0.25) is 38.4 Å². The third-order valence-electron chi connectivity index (χ3n) is 9.00. The third-order valence-corrected chi connectivity index (χ3v) is 9.00. The molecule has 0 spiro atoms. The van der Waals surface area contributed by atoms with E-state index in [0.29, 0.717) is 12.1 Å². The first kappa shape index (κ1) is 58.0. The van der Waals surface area contributed by atoms with Gasteiger partial charge in [0.15, 0.2) is 11.6 Å². The zero-order valence-corrected chi connectivity index (χ0v) is 37.6. The summed E-state index contributed by atoms with van der Waals surface area (Å²) in [6.07, 6.45) is 3.11. The number of alkyl carbamates (subject to hydrolysis) is 1. The van der Waals surface area contributed by atoms with E-state index in [0.717, 1.165) is 0 Å². The molecule has 0 unspecified atom stereocenters. The van der Waals surface area contributed by atoms with Gasteiger partial charge < -0.3 is 20.3 Å². The summed E-state index contributed by atoms with van der Waals surface area (Å²) in [5.74, 6) is -1.30. The summed E-state index contributed by atoms with van der Waals surface area (Å²) in [5.41, 5.74) is -0.0498. The molecule has 1 heterocycles. The van der Waals surface area contributed by atoms with Crippen molar-refractivity contribution in [2.45, 2.75) is 162 Å². The molecule has 0 aromatic carbocycles. The average molecular weight is 820 g/mol. The number of nitrogens with one attached hydrogen (secondary N) is 2. The first-order valence-corrected chi connectivity index (χ1v) is 20.1. The van der Waals surface area contributed by atoms with Crippen molar-refractivity contribution in [1.82, 2.24) is 15.5 Å². The van der Waals surface area contributed by atoms with Crippen molar-refractivity contribution in [2.75, 3.05) is 6.54 Å². The number of amides is 3. The number of ether oxygens (including phenoxy) is 1. The highest BCUT2D eigenvalue weighted by Gasteiger charge is 2.27. The van der Waals surface area contributed by atoms with Crippen molar-refractivity contribution in [3.8, 4) is 0 Å². The lowest BCUT2D eigenvalue weighted by Crippen LogP contribution is -2.42. The summed E-state index contributed by atoms with van der Waals surface area (Å²) < 4.78 is 5.08. The zero-order chi connectivity index (χ0) is 45.1. The van der Waals surface area contributed by atoms with E-state index in [2.05, 4.69) is 17.2 Å². The van der Waals surface area contributed by atoms with Crippen LogP contribution >= 0.6 is 0 Å². The number of nitrogens with zero attached hydrogens (tertiary/aromatic N) is 1. The van der Waals surface area contributed by atoms with Gasteiger partial charge in [-0.05, 0) is 40.7 Å². The second-order valence-electron chi connectivity index (χ2n) is 17.3. The lowest BCUT2D eigenvalue weighted by molar-refractivity contribution is -0.131. The summed E-state index contributed by atoms with van der Waals surface area (Å²) in [5, 5.41) is 5.11. The molecule has 0 aromatic heterocycles. The molecular weight excluding hydrogens is 743 g/mol. The largest absolute Gasteiger partial charge is 0.444 e. The Morgan fingerprint density at radius 3 is 1.28 bits per heavy atom. The van der Waals surface area contributed by atoms with Crippen LogP contribution in [0.5, 0.6) is 0 Å². The first-order chi connectivity index (χ1) is 25.9. The van der Waals surface area contributed by atoms with E-state index in [9.17, 15) is 43.2 Å². The Labute approximate surface area is 349 Å². The van der Waals surface area contributed by atoms with Gasteiger partial charge in [0.05, 0.1) is 12.1 Å². The molecular formula is C45H77N3O10. The lowest BCUT2D eigenvalue weighted by atomic mass is 9.90. The van der Waals surface area contributed by atoms with Gasteiger partial charge in [0.1, 0.15) is 28.7 Å². The lowest BCUT2D eigenvalue weighted by Gasteiger charge is -2.22. The molecule has 3 amide bonds. The molecule has 0 radical (unpaired) electrons. The summed E-state index contributed by atoms with van der Waals surface area (Å²) in [4.78, 5) is 107. The fourth-order valence-electron chi connectivity index (χ4n) is 5.42. The predicted octanol–water partition coefficient (Wildman–Crippen LogP) is 7.43. The van der Waals surface area contributed by atoms with Crippen molar-refractivity contribution in [3.63, 3.8) is 0 Å². The van der Waals surface area contributed by atoms with Gasteiger partial charge in [0, 0.05) is 85.4 Å². The molecule has 0 aromatic rings. The number of Topliss-reactive ketones (excluding diaryl/α,β-unsaturated/α-hetero) is 6. The normalized spacial score (nSPS) is 14.9. The van der Waals surface area contributed by atoms with Crippen LogP contribution in [0.2, 0.25) is 0 Å². The van der Waals surface area contributed by atoms with Gasteiger partial charge in [-0.15, -0.1) is 0 Å². The molecule has 2 N–H and O–H groups in total. The second-order valence-corrected chi connectivity index (χ2v) is 17.3. The van der Waals surface area contributed by atoms with Crippen LogP contribution < -0.4 is 10.6 Å². The van der Waals surface area contributed by atoms with Gasteiger partial charge in [0.25, 0.3) is 5.91 Å². The topological polar surface area (TPSA) is 190 Å². The summed E-state index contributed by atoms with van der Waals surface area (Å²) >= 11 is 0. The fourth-order valence-corrected chi connectivity index (χ4v) is 5.42. The Kier molecular flexibility index (Phi) is 27.4. The van der Waals surface area contributed by atoms with Crippen LogP contribution in [0, 0.1) is 41.4 Å². The van der Waals surface area contributed by atoms with Crippen LogP contribution in [-0.4, -0.2) is 81.7 Å². The molecule has 1 rings (SSSR count). The van der Waals surface area contributed by atoms with E-state index in [1.54, 1.807) is 68.4 Å². The van der Waals surface area contributed by atoms with Gasteiger partial charge in [0.2, 0.25) is 5.91 Å². The highest BCUT2D eigenvalue weighted by molar-refractivity contribution is 5.95. The molecule has 58 heavy (non-hydrogen) atoms. The van der Waals surface area contributed by atoms with Crippen LogP contribution in [0.1, 0.15) is 144 Å². The third kappa shape index (κ3) is 23.8. The van der Waals surface area contributed by atoms with E-state index in [1.165, 1.54) is 11.0 Å². The van der Waals surface area contributed by atoms with Crippen molar-refractivity contribution in [3.05, 3.63) is 24.4 Å². The minimum atomic E-state index is -0.660. The number of rotatable bonds is 20. The van der Waals surface area contributed by atoms with Gasteiger partial charge >= 0.3 is 6.09 Å². The molecule has 0 aliphatic carbocycles. The van der Waals surface area contributed by atoms with Crippen LogP contribution in [0.15, 0.2) is 24.4 Å². The Bertz CT molecular complexity index is 1450. The Morgan fingerprint density at radius 2 is 0.966 bits per heavy atom. The second kappa shape index (κ2) is 27.4. The number of allylic oxidation sites excluding steroid dienone is 1. The highest BCUT2D eigenvalue weighted by atomic mass is 16.6. The van der Waals surface area contributed by atoms with E-state index in [-0.39, 0.29) is 121 Å². The van der Waals surface area contributed by atoms with Gasteiger partial charge in [-0.2, -0.15) is 0 Å². The van der Waals surface area contributed by atoms with E-state index < -0.39 is 23.8 Å².